The Morgan fingerprint density at radius 3 is 2.44 bits per heavy atom. The summed E-state index contributed by atoms with van der Waals surface area (Å²) in [6.07, 6.45) is -2.42. The van der Waals surface area contributed by atoms with E-state index in [1.54, 1.807) is 0 Å². The van der Waals surface area contributed by atoms with E-state index in [2.05, 4.69) is 0 Å². The summed E-state index contributed by atoms with van der Waals surface area (Å²) >= 11 is 0. The molecule has 2 nitrogen and oxygen atoms in total. The zero-order chi connectivity index (χ0) is 12.4. The Hall–Kier alpha value is -0.290. The molecule has 1 rings (SSSR count). The average molecular weight is 238 g/mol. The van der Waals surface area contributed by atoms with Crippen molar-refractivity contribution in [1.29, 1.82) is 0 Å². The van der Waals surface area contributed by atoms with Crippen LogP contribution in [0, 0.1) is 5.92 Å². The predicted molar refractivity (Wildman–Crippen MR) is 58.1 cm³/mol. The van der Waals surface area contributed by atoms with E-state index in [0.29, 0.717) is 13.0 Å². The maximum absolute atomic E-state index is 12.7. The van der Waals surface area contributed by atoms with Crippen LogP contribution in [0.4, 0.5) is 13.2 Å². The molecule has 0 bridgehead atoms. The molecule has 1 fully saturated rings. The van der Waals surface area contributed by atoms with Crippen LogP contribution >= 0.6 is 0 Å². The predicted octanol–water partition coefficient (Wildman–Crippen LogP) is 2.39. The minimum Gasteiger partial charge on any atom is -0.329 e. The fourth-order valence-corrected chi connectivity index (χ4v) is 2.23. The number of alkyl halides is 3. The third kappa shape index (κ3) is 2.88. The molecular formula is C11H21F3N2. The second-order valence-corrected chi connectivity index (χ2v) is 4.88. The van der Waals surface area contributed by atoms with E-state index in [4.69, 9.17) is 5.73 Å². The van der Waals surface area contributed by atoms with Gasteiger partial charge in [0.2, 0.25) is 0 Å². The summed E-state index contributed by atoms with van der Waals surface area (Å²) in [6, 6.07) is 0. The fraction of sp³-hybridized carbons (Fsp3) is 1.00. The zero-order valence-electron chi connectivity index (χ0n) is 9.98. The van der Waals surface area contributed by atoms with Gasteiger partial charge in [-0.25, -0.2) is 0 Å². The quantitative estimate of drug-likeness (QED) is 0.818. The standard InChI is InChI=1S/C11H21F3N2/c1-3-10(2,8-15)16-6-4-5-9(7-16)11(12,13)14/h9H,3-8,15H2,1-2H3. The van der Waals surface area contributed by atoms with Crippen molar-refractivity contribution in [2.75, 3.05) is 19.6 Å². The Morgan fingerprint density at radius 1 is 1.38 bits per heavy atom. The van der Waals surface area contributed by atoms with Crippen LogP contribution < -0.4 is 5.73 Å². The second-order valence-electron chi connectivity index (χ2n) is 4.88. The highest BCUT2D eigenvalue weighted by molar-refractivity contribution is 4.90. The summed E-state index contributed by atoms with van der Waals surface area (Å²) in [5, 5.41) is 0. The lowest BCUT2D eigenvalue weighted by Gasteiger charge is -2.45. The van der Waals surface area contributed by atoms with Gasteiger partial charge in [0.05, 0.1) is 5.92 Å². The number of nitrogens with zero attached hydrogens (tertiary/aromatic N) is 1. The molecule has 0 amide bonds. The molecule has 1 aliphatic rings. The summed E-state index contributed by atoms with van der Waals surface area (Å²) in [6.45, 7) is 5.17. The van der Waals surface area contributed by atoms with Gasteiger partial charge in [-0.1, -0.05) is 6.92 Å². The van der Waals surface area contributed by atoms with Gasteiger partial charge in [-0.2, -0.15) is 13.2 Å². The number of nitrogens with two attached hydrogens (primary N) is 1. The first-order chi connectivity index (χ1) is 7.33. The molecule has 0 aromatic carbocycles. The molecule has 0 saturated carbocycles. The Bertz CT molecular complexity index is 224. The minimum absolute atomic E-state index is 0.102. The van der Waals surface area contributed by atoms with Crippen molar-refractivity contribution in [2.45, 2.75) is 44.8 Å². The minimum atomic E-state index is -4.07. The van der Waals surface area contributed by atoms with Crippen molar-refractivity contribution >= 4 is 0 Å². The van der Waals surface area contributed by atoms with E-state index >= 15 is 0 Å². The van der Waals surface area contributed by atoms with Gasteiger partial charge >= 0.3 is 6.18 Å². The van der Waals surface area contributed by atoms with Crippen molar-refractivity contribution in [3.05, 3.63) is 0 Å². The molecular weight excluding hydrogens is 217 g/mol. The van der Waals surface area contributed by atoms with Gasteiger partial charge in [0.15, 0.2) is 0 Å². The number of piperidine rings is 1. The van der Waals surface area contributed by atoms with Gasteiger partial charge < -0.3 is 5.73 Å². The molecule has 0 aliphatic carbocycles. The molecule has 5 heteroatoms. The van der Waals surface area contributed by atoms with Crippen LogP contribution in [-0.4, -0.2) is 36.2 Å². The van der Waals surface area contributed by atoms with Crippen LogP contribution in [0.2, 0.25) is 0 Å². The highest BCUT2D eigenvalue weighted by Gasteiger charge is 2.44. The van der Waals surface area contributed by atoms with E-state index in [1.807, 2.05) is 18.7 Å². The first-order valence-corrected chi connectivity index (χ1v) is 5.85. The van der Waals surface area contributed by atoms with Gasteiger partial charge in [-0.15, -0.1) is 0 Å². The summed E-state index contributed by atoms with van der Waals surface area (Å²) < 4.78 is 38.0. The van der Waals surface area contributed by atoms with Crippen molar-refractivity contribution < 1.29 is 13.2 Å². The van der Waals surface area contributed by atoms with Crippen molar-refractivity contribution in [1.82, 2.24) is 4.90 Å². The fourth-order valence-electron chi connectivity index (χ4n) is 2.23. The number of rotatable bonds is 3. The molecule has 2 atom stereocenters. The van der Waals surface area contributed by atoms with E-state index in [9.17, 15) is 13.2 Å². The van der Waals surface area contributed by atoms with E-state index < -0.39 is 12.1 Å². The Morgan fingerprint density at radius 2 is 2.00 bits per heavy atom. The molecule has 0 radical (unpaired) electrons. The topological polar surface area (TPSA) is 29.3 Å². The van der Waals surface area contributed by atoms with Crippen LogP contribution in [0.3, 0.4) is 0 Å². The molecule has 2 unspecified atom stereocenters. The molecule has 96 valence electrons. The lowest BCUT2D eigenvalue weighted by Crippen LogP contribution is -2.56. The van der Waals surface area contributed by atoms with Gasteiger partial charge in [0.1, 0.15) is 0 Å². The SMILES string of the molecule is CCC(C)(CN)N1CCCC(C(F)(F)F)C1. The second kappa shape index (κ2) is 4.92. The van der Waals surface area contributed by atoms with Gasteiger partial charge in [-0.3, -0.25) is 4.90 Å². The van der Waals surface area contributed by atoms with Crippen LogP contribution in [0.5, 0.6) is 0 Å². The molecule has 1 saturated heterocycles. The number of hydrogen-bond donors (Lipinski definition) is 1. The molecule has 1 heterocycles. The first-order valence-electron chi connectivity index (χ1n) is 5.85. The normalized spacial score (nSPS) is 27.8. The maximum atomic E-state index is 12.7. The summed E-state index contributed by atoms with van der Waals surface area (Å²) in [7, 11) is 0. The summed E-state index contributed by atoms with van der Waals surface area (Å²) in [5.41, 5.74) is 5.39. The number of halogens is 3. The molecule has 0 aromatic rings. The Labute approximate surface area is 95.0 Å². The maximum Gasteiger partial charge on any atom is 0.393 e. The zero-order valence-corrected chi connectivity index (χ0v) is 9.98. The van der Waals surface area contributed by atoms with Crippen LogP contribution in [0.1, 0.15) is 33.1 Å². The van der Waals surface area contributed by atoms with E-state index in [1.165, 1.54) is 0 Å². The molecule has 16 heavy (non-hydrogen) atoms. The van der Waals surface area contributed by atoms with Crippen LogP contribution in [-0.2, 0) is 0 Å². The highest BCUT2D eigenvalue weighted by Crippen LogP contribution is 2.35. The van der Waals surface area contributed by atoms with Crippen molar-refractivity contribution in [2.24, 2.45) is 11.7 Å². The molecule has 1 aliphatic heterocycles. The van der Waals surface area contributed by atoms with E-state index in [0.717, 1.165) is 13.0 Å². The van der Waals surface area contributed by atoms with Crippen molar-refractivity contribution in [3.63, 3.8) is 0 Å². The molecule has 0 aromatic heterocycles. The third-order valence-corrected chi connectivity index (χ3v) is 3.85. The molecule has 0 spiro atoms. The molecule has 2 N–H and O–H groups in total. The van der Waals surface area contributed by atoms with Gasteiger partial charge in [0, 0.05) is 18.6 Å². The lowest BCUT2D eigenvalue weighted by molar-refractivity contribution is -0.191. The summed E-state index contributed by atoms with van der Waals surface area (Å²) in [5.74, 6) is -1.18. The van der Waals surface area contributed by atoms with Crippen LogP contribution in [0.25, 0.3) is 0 Å². The highest BCUT2D eigenvalue weighted by atomic mass is 19.4. The third-order valence-electron chi connectivity index (χ3n) is 3.85. The van der Waals surface area contributed by atoms with Gasteiger partial charge in [-0.05, 0) is 32.7 Å². The summed E-state index contributed by atoms with van der Waals surface area (Å²) in [4.78, 5) is 1.91. The monoisotopic (exact) mass is 238 g/mol. The van der Waals surface area contributed by atoms with Crippen molar-refractivity contribution in [3.8, 4) is 0 Å². The average Bonchev–Trinajstić information content (AvgIpc) is 2.27. The van der Waals surface area contributed by atoms with E-state index in [-0.39, 0.29) is 18.5 Å². The largest absolute Gasteiger partial charge is 0.393 e. The Kier molecular flexibility index (Phi) is 4.23. The van der Waals surface area contributed by atoms with Crippen LogP contribution in [0.15, 0.2) is 0 Å². The first kappa shape index (κ1) is 13.8. The van der Waals surface area contributed by atoms with Gasteiger partial charge in [0.25, 0.3) is 0 Å². The number of likely N-dealkylation sites (tertiary alicyclic amines) is 1. The smallest absolute Gasteiger partial charge is 0.329 e. The lowest BCUT2D eigenvalue weighted by atomic mass is 9.89. The number of hydrogen-bond acceptors (Lipinski definition) is 2. The Balaban J connectivity index is 2.70.